The molecule has 2 N–H and O–H groups in total. The average Bonchev–Trinajstić information content (AvgIpc) is 2.83. The highest BCUT2D eigenvalue weighted by Gasteiger charge is 2.23. The van der Waals surface area contributed by atoms with Crippen molar-refractivity contribution in [2.24, 2.45) is 5.92 Å². The molecule has 0 unspecified atom stereocenters. The summed E-state index contributed by atoms with van der Waals surface area (Å²) >= 11 is 18.5. The minimum absolute atomic E-state index is 0.0945. The van der Waals surface area contributed by atoms with E-state index in [-0.39, 0.29) is 12.3 Å². The number of nitrogens with zero attached hydrogens (tertiary/aromatic N) is 2. The fourth-order valence-corrected chi connectivity index (χ4v) is 5.21. The number of benzene rings is 2. The van der Waals surface area contributed by atoms with Crippen LogP contribution in [0, 0.1) is 5.92 Å². The summed E-state index contributed by atoms with van der Waals surface area (Å²) in [5.74, 6) is 1.27. The molecule has 5 nitrogen and oxygen atoms in total. The number of hydrogen-bond donors (Lipinski definition) is 2. The maximum Gasteiger partial charge on any atom is 0.224 e. The van der Waals surface area contributed by atoms with E-state index in [4.69, 9.17) is 39.8 Å². The number of para-hydroxylation sites is 1. The largest absolute Gasteiger partial charge is 0.377 e. The van der Waals surface area contributed by atoms with E-state index in [0.717, 1.165) is 48.1 Å². The number of pyridine rings is 1. The Morgan fingerprint density at radius 2 is 1.74 bits per heavy atom. The lowest BCUT2D eigenvalue weighted by atomic mass is 9.86. The van der Waals surface area contributed by atoms with Gasteiger partial charge in [0.15, 0.2) is 0 Å². The lowest BCUT2D eigenvalue weighted by Gasteiger charge is -2.30. The molecule has 1 aliphatic rings. The van der Waals surface area contributed by atoms with Crippen LogP contribution in [0.2, 0.25) is 15.1 Å². The summed E-state index contributed by atoms with van der Waals surface area (Å²) in [7, 11) is 4.11. The van der Waals surface area contributed by atoms with E-state index >= 15 is 0 Å². The van der Waals surface area contributed by atoms with Crippen molar-refractivity contribution >= 4 is 63.1 Å². The third-order valence-electron chi connectivity index (χ3n) is 6.44. The van der Waals surface area contributed by atoms with E-state index in [1.165, 1.54) is 0 Å². The van der Waals surface area contributed by atoms with Crippen molar-refractivity contribution in [1.29, 1.82) is 0 Å². The number of nitrogens with one attached hydrogen (secondary N) is 2. The van der Waals surface area contributed by atoms with Crippen LogP contribution < -0.4 is 15.5 Å². The first-order valence-corrected chi connectivity index (χ1v) is 12.7. The number of carbonyl (C=O) groups excluding carboxylic acids is 1. The van der Waals surface area contributed by atoms with Crippen LogP contribution in [0.15, 0.2) is 42.5 Å². The van der Waals surface area contributed by atoms with E-state index in [9.17, 15) is 4.79 Å². The average molecular weight is 520 g/mol. The molecule has 34 heavy (non-hydrogen) atoms. The quantitative estimate of drug-likeness (QED) is 0.346. The van der Waals surface area contributed by atoms with E-state index < -0.39 is 0 Å². The molecule has 1 saturated carbocycles. The van der Waals surface area contributed by atoms with Gasteiger partial charge in [0.2, 0.25) is 5.91 Å². The Labute approximate surface area is 215 Å². The van der Waals surface area contributed by atoms with Crippen molar-refractivity contribution in [3.63, 3.8) is 0 Å². The van der Waals surface area contributed by atoms with E-state index in [1.54, 1.807) is 12.1 Å². The van der Waals surface area contributed by atoms with Crippen LogP contribution in [0.25, 0.3) is 10.9 Å². The second-order valence-electron chi connectivity index (χ2n) is 9.10. The number of amides is 1. The van der Waals surface area contributed by atoms with E-state index in [1.807, 2.05) is 12.1 Å². The van der Waals surface area contributed by atoms with E-state index in [0.29, 0.717) is 39.1 Å². The van der Waals surface area contributed by atoms with Gasteiger partial charge in [0, 0.05) is 54.4 Å². The summed E-state index contributed by atoms with van der Waals surface area (Å²) in [5.41, 5.74) is 2.72. The highest BCUT2D eigenvalue weighted by Crippen LogP contribution is 2.32. The third kappa shape index (κ3) is 5.88. The van der Waals surface area contributed by atoms with Crippen LogP contribution in [0.1, 0.15) is 31.2 Å². The molecular weight excluding hydrogens is 491 g/mol. The molecule has 1 amide bonds. The molecule has 3 aromatic rings. The van der Waals surface area contributed by atoms with Gasteiger partial charge in [0.1, 0.15) is 5.82 Å². The lowest BCUT2D eigenvalue weighted by Crippen LogP contribution is -2.34. The Balaban J connectivity index is 1.29. The van der Waals surface area contributed by atoms with Gasteiger partial charge >= 0.3 is 0 Å². The molecule has 180 valence electrons. The number of aromatic nitrogens is 1. The third-order valence-corrected chi connectivity index (χ3v) is 7.64. The highest BCUT2D eigenvalue weighted by atomic mass is 35.5. The SMILES string of the molecule is CN(C)c1cc(N[C@H]2CC[C@@H](CNC(=O)Cc3c(Cl)ccc(Cl)c3Cl)CC2)nc2ccccc12. The number of rotatable bonds is 7. The van der Waals surface area contributed by atoms with Gasteiger partial charge in [-0.1, -0.05) is 53.0 Å². The normalized spacial score (nSPS) is 18.0. The molecule has 8 heteroatoms. The molecule has 1 aliphatic carbocycles. The zero-order valence-electron chi connectivity index (χ0n) is 19.4. The fraction of sp³-hybridized carbons (Fsp3) is 0.385. The van der Waals surface area contributed by atoms with Crippen molar-refractivity contribution in [2.45, 2.75) is 38.1 Å². The Hall–Kier alpha value is -2.21. The van der Waals surface area contributed by atoms with Crippen molar-refractivity contribution in [2.75, 3.05) is 30.9 Å². The summed E-state index contributed by atoms with van der Waals surface area (Å²) < 4.78 is 0. The molecule has 0 aliphatic heterocycles. The molecule has 0 spiro atoms. The molecular formula is C26H29Cl3N4O. The van der Waals surface area contributed by atoms with Crippen molar-refractivity contribution in [3.05, 3.63) is 63.1 Å². The zero-order valence-corrected chi connectivity index (χ0v) is 21.6. The molecule has 0 saturated heterocycles. The minimum Gasteiger partial charge on any atom is -0.377 e. The summed E-state index contributed by atoms with van der Waals surface area (Å²) in [5, 5.41) is 9.03. The first-order valence-electron chi connectivity index (χ1n) is 11.5. The topological polar surface area (TPSA) is 57.3 Å². The van der Waals surface area contributed by atoms with Gasteiger partial charge in [-0.05, 0) is 49.8 Å². The van der Waals surface area contributed by atoms with Gasteiger partial charge in [0.25, 0.3) is 0 Å². The van der Waals surface area contributed by atoms with Crippen LogP contribution in [-0.2, 0) is 11.2 Å². The summed E-state index contributed by atoms with van der Waals surface area (Å²) in [4.78, 5) is 19.4. The molecule has 0 bridgehead atoms. The second kappa shape index (κ2) is 11.0. The number of fused-ring (bicyclic) bond motifs is 1. The molecule has 0 atom stereocenters. The molecule has 0 radical (unpaired) electrons. The first kappa shape index (κ1) is 24.9. The van der Waals surface area contributed by atoms with Crippen LogP contribution >= 0.6 is 34.8 Å². The van der Waals surface area contributed by atoms with Crippen LogP contribution in [-0.4, -0.2) is 37.6 Å². The van der Waals surface area contributed by atoms with Crippen LogP contribution in [0.5, 0.6) is 0 Å². The Kier molecular flexibility index (Phi) is 8.07. The fourth-order valence-electron chi connectivity index (χ4n) is 4.53. The lowest BCUT2D eigenvalue weighted by molar-refractivity contribution is -0.120. The monoisotopic (exact) mass is 518 g/mol. The van der Waals surface area contributed by atoms with Crippen LogP contribution in [0.4, 0.5) is 11.5 Å². The molecule has 2 aromatic carbocycles. The standard InChI is InChI=1S/C26H29Cl3N4O/c1-33(2)23-14-24(32-22-6-4-3-5-18(22)23)31-17-9-7-16(8-10-17)15-30-25(34)13-19-20(27)11-12-21(28)26(19)29/h3-6,11-12,14,16-17H,7-10,13,15H2,1-2H3,(H,30,34)(H,31,32)/t16-,17+. The Morgan fingerprint density at radius 3 is 2.47 bits per heavy atom. The number of halogens is 3. The predicted octanol–water partition coefficient (Wildman–Crippen LogP) is 6.59. The van der Waals surface area contributed by atoms with Gasteiger partial charge in [-0.25, -0.2) is 4.98 Å². The first-order chi connectivity index (χ1) is 16.3. The van der Waals surface area contributed by atoms with E-state index in [2.05, 4.69) is 47.8 Å². The minimum atomic E-state index is -0.0945. The number of hydrogen-bond acceptors (Lipinski definition) is 4. The van der Waals surface area contributed by atoms with Gasteiger partial charge in [-0.2, -0.15) is 0 Å². The number of carbonyl (C=O) groups is 1. The van der Waals surface area contributed by atoms with Crippen molar-refractivity contribution < 1.29 is 4.79 Å². The van der Waals surface area contributed by atoms with Gasteiger partial charge in [0.05, 0.1) is 22.0 Å². The summed E-state index contributed by atoms with van der Waals surface area (Å²) in [6, 6.07) is 14.0. The molecule has 1 heterocycles. The maximum atomic E-state index is 12.5. The van der Waals surface area contributed by atoms with Gasteiger partial charge in [-0.15, -0.1) is 0 Å². The number of anilines is 2. The Morgan fingerprint density at radius 1 is 1.03 bits per heavy atom. The van der Waals surface area contributed by atoms with Gasteiger partial charge in [-0.3, -0.25) is 4.79 Å². The molecule has 4 rings (SSSR count). The van der Waals surface area contributed by atoms with Crippen LogP contribution in [0.3, 0.4) is 0 Å². The summed E-state index contributed by atoms with van der Waals surface area (Å²) in [6.45, 7) is 0.653. The van der Waals surface area contributed by atoms with Crippen molar-refractivity contribution in [3.8, 4) is 0 Å². The van der Waals surface area contributed by atoms with Crippen molar-refractivity contribution in [1.82, 2.24) is 10.3 Å². The highest BCUT2D eigenvalue weighted by molar-refractivity contribution is 6.44. The smallest absolute Gasteiger partial charge is 0.224 e. The molecule has 1 aromatic heterocycles. The second-order valence-corrected chi connectivity index (χ2v) is 10.3. The Bertz CT molecular complexity index is 1180. The summed E-state index contributed by atoms with van der Waals surface area (Å²) in [6.07, 6.45) is 4.29. The van der Waals surface area contributed by atoms with Gasteiger partial charge < -0.3 is 15.5 Å². The maximum absolute atomic E-state index is 12.5. The zero-order chi connectivity index (χ0) is 24.2. The molecule has 1 fully saturated rings. The predicted molar refractivity (Wildman–Crippen MR) is 144 cm³/mol.